The predicted octanol–water partition coefficient (Wildman–Crippen LogP) is 4.20. The monoisotopic (exact) mass is 497 g/mol. The van der Waals surface area contributed by atoms with Gasteiger partial charge in [-0.2, -0.15) is 0 Å². The van der Waals surface area contributed by atoms with Gasteiger partial charge in [0.1, 0.15) is 11.6 Å². The molecule has 0 bridgehead atoms. The van der Waals surface area contributed by atoms with Crippen LogP contribution in [0.3, 0.4) is 0 Å². The number of benzene rings is 3. The molecule has 4 rings (SSSR count). The summed E-state index contributed by atoms with van der Waals surface area (Å²) in [6, 6.07) is 18.7. The van der Waals surface area contributed by atoms with Gasteiger partial charge in [0.25, 0.3) is 15.9 Å². The number of nitrogens with zero attached hydrogens (tertiary/aromatic N) is 1. The average molecular weight is 498 g/mol. The van der Waals surface area contributed by atoms with Gasteiger partial charge in [-0.05, 0) is 86.1 Å². The zero-order valence-corrected chi connectivity index (χ0v) is 20.2. The van der Waals surface area contributed by atoms with Crippen LogP contribution in [0.25, 0.3) is 0 Å². The van der Waals surface area contributed by atoms with Crippen molar-refractivity contribution in [3.8, 4) is 5.75 Å². The van der Waals surface area contributed by atoms with E-state index in [-0.39, 0.29) is 28.1 Å². The number of methoxy groups -OCH3 is 1. The van der Waals surface area contributed by atoms with Gasteiger partial charge in [0, 0.05) is 17.8 Å². The Morgan fingerprint density at radius 2 is 1.71 bits per heavy atom. The molecule has 1 unspecified atom stereocenters. The Balaban J connectivity index is 1.47. The van der Waals surface area contributed by atoms with Gasteiger partial charge >= 0.3 is 0 Å². The zero-order valence-electron chi connectivity index (χ0n) is 19.4. The minimum absolute atomic E-state index is 0.000542. The molecule has 1 aliphatic heterocycles. The maximum Gasteiger partial charge on any atom is 0.261 e. The number of nitrogens with one attached hydrogen (secondary N) is 2. The highest BCUT2D eigenvalue weighted by atomic mass is 32.2. The van der Waals surface area contributed by atoms with Crippen molar-refractivity contribution in [3.63, 3.8) is 0 Å². The Bertz CT molecular complexity index is 1260. The molecule has 7 nitrogen and oxygen atoms in total. The van der Waals surface area contributed by atoms with Gasteiger partial charge in [0.2, 0.25) is 0 Å². The molecule has 2 N–H and O–H groups in total. The summed E-state index contributed by atoms with van der Waals surface area (Å²) in [5, 5.41) is 2.97. The molecule has 0 spiro atoms. The molecule has 9 heteroatoms. The Morgan fingerprint density at radius 1 is 1.03 bits per heavy atom. The van der Waals surface area contributed by atoms with Crippen LogP contribution in [-0.4, -0.2) is 46.0 Å². The zero-order chi connectivity index (χ0) is 24.8. The first-order valence-corrected chi connectivity index (χ1v) is 12.9. The van der Waals surface area contributed by atoms with E-state index < -0.39 is 15.8 Å². The van der Waals surface area contributed by atoms with Crippen molar-refractivity contribution < 1.29 is 22.3 Å². The number of amides is 1. The maximum atomic E-state index is 13.1. The summed E-state index contributed by atoms with van der Waals surface area (Å²) >= 11 is 0. The lowest BCUT2D eigenvalue weighted by Crippen LogP contribution is -2.36. The molecule has 184 valence electrons. The Morgan fingerprint density at radius 3 is 2.37 bits per heavy atom. The van der Waals surface area contributed by atoms with Crippen LogP contribution in [0.2, 0.25) is 0 Å². The third-order valence-corrected chi connectivity index (χ3v) is 7.42. The summed E-state index contributed by atoms with van der Waals surface area (Å²) < 4.78 is 46.4. The summed E-state index contributed by atoms with van der Waals surface area (Å²) in [5.41, 5.74) is 1.55. The van der Waals surface area contributed by atoms with Crippen LogP contribution >= 0.6 is 0 Å². The second-order valence-electron chi connectivity index (χ2n) is 8.38. The van der Waals surface area contributed by atoms with Gasteiger partial charge in [-0.15, -0.1) is 0 Å². The topological polar surface area (TPSA) is 87.7 Å². The normalized spacial score (nSPS) is 14.9. The van der Waals surface area contributed by atoms with Crippen LogP contribution in [-0.2, 0) is 10.0 Å². The van der Waals surface area contributed by atoms with Crippen LogP contribution in [0.4, 0.5) is 10.1 Å². The third-order valence-electron chi connectivity index (χ3n) is 6.04. The quantitative estimate of drug-likeness (QED) is 0.463. The first kappa shape index (κ1) is 24.7. The van der Waals surface area contributed by atoms with Crippen molar-refractivity contribution >= 4 is 21.6 Å². The molecule has 1 aliphatic rings. The minimum Gasteiger partial charge on any atom is -0.497 e. The van der Waals surface area contributed by atoms with Crippen molar-refractivity contribution in [2.45, 2.75) is 23.8 Å². The molecule has 3 aromatic rings. The third kappa shape index (κ3) is 6.17. The number of rotatable bonds is 9. The fourth-order valence-electron chi connectivity index (χ4n) is 4.17. The van der Waals surface area contributed by atoms with Gasteiger partial charge < -0.3 is 10.1 Å². The smallest absolute Gasteiger partial charge is 0.261 e. The number of hydrogen-bond donors (Lipinski definition) is 2. The first-order chi connectivity index (χ1) is 16.9. The molecule has 1 amide bonds. The van der Waals surface area contributed by atoms with Gasteiger partial charge in [0.05, 0.1) is 18.0 Å². The van der Waals surface area contributed by atoms with E-state index in [1.807, 2.05) is 24.3 Å². The number of hydrogen-bond acceptors (Lipinski definition) is 5. The highest BCUT2D eigenvalue weighted by molar-refractivity contribution is 7.92. The fourth-order valence-corrected chi connectivity index (χ4v) is 5.27. The first-order valence-electron chi connectivity index (χ1n) is 11.4. The summed E-state index contributed by atoms with van der Waals surface area (Å²) in [7, 11) is -2.33. The molecule has 0 radical (unpaired) electrons. The van der Waals surface area contributed by atoms with Crippen LogP contribution in [0.5, 0.6) is 5.75 Å². The summed E-state index contributed by atoms with van der Waals surface area (Å²) in [5.74, 6) is -0.0553. The number of carbonyl (C=O) groups excluding carboxylic acids is 1. The summed E-state index contributed by atoms with van der Waals surface area (Å²) in [4.78, 5) is 15.3. The second kappa shape index (κ2) is 10.9. The molecular formula is C26H28FN3O4S. The van der Waals surface area contributed by atoms with E-state index in [9.17, 15) is 17.6 Å². The van der Waals surface area contributed by atoms with Crippen LogP contribution in [0, 0.1) is 5.82 Å². The van der Waals surface area contributed by atoms with Crippen molar-refractivity contribution in [2.24, 2.45) is 0 Å². The molecular weight excluding hydrogens is 469 g/mol. The molecule has 1 fully saturated rings. The van der Waals surface area contributed by atoms with Gasteiger partial charge in [0.15, 0.2) is 0 Å². The van der Waals surface area contributed by atoms with E-state index in [2.05, 4.69) is 14.9 Å². The molecule has 1 heterocycles. The Hall–Kier alpha value is -3.43. The largest absolute Gasteiger partial charge is 0.497 e. The van der Waals surface area contributed by atoms with E-state index in [0.717, 1.165) is 37.2 Å². The number of carbonyl (C=O) groups is 1. The lowest BCUT2D eigenvalue weighted by Gasteiger charge is -2.28. The SMILES string of the molecule is COc1ccc(C(CNC(=O)c2cccc(S(=O)(=O)Nc3ccc(F)cc3)c2)N2CCCC2)cc1. The highest BCUT2D eigenvalue weighted by Crippen LogP contribution is 2.26. The van der Waals surface area contributed by atoms with Crippen LogP contribution in [0.1, 0.15) is 34.8 Å². The second-order valence-corrected chi connectivity index (χ2v) is 10.1. The van der Waals surface area contributed by atoms with E-state index in [0.29, 0.717) is 6.54 Å². The lowest BCUT2D eigenvalue weighted by molar-refractivity contribution is 0.0937. The Kier molecular flexibility index (Phi) is 7.67. The van der Waals surface area contributed by atoms with E-state index in [4.69, 9.17) is 4.74 Å². The number of ether oxygens (including phenoxy) is 1. The predicted molar refractivity (Wildman–Crippen MR) is 133 cm³/mol. The van der Waals surface area contributed by atoms with Gasteiger partial charge in [-0.25, -0.2) is 12.8 Å². The van der Waals surface area contributed by atoms with Gasteiger partial charge in [-0.3, -0.25) is 14.4 Å². The maximum absolute atomic E-state index is 13.1. The van der Waals surface area contributed by atoms with Crippen molar-refractivity contribution in [1.29, 1.82) is 0 Å². The van der Waals surface area contributed by atoms with Crippen LogP contribution < -0.4 is 14.8 Å². The summed E-state index contributed by atoms with van der Waals surface area (Å²) in [6.45, 7) is 2.29. The Labute approximate surface area is 205 Å². The highest BCUT2D eigenvalue weighted by Gasteiger charge is 2.24. The number of likely N-dealkylation sites (tertiary alicyclic amines) is 1. The fraction of sp³-hybridized carbons (Fsp3) is 0.269. The standard InChI is InChI=1S/C26H28FN3O4S/c1-34-23-13-7-19(8-14-23)25(30-15-2-3-16-30)18-28-26(31)20-5-4-6-24(17-20)35(32,33)29-22-11-9-21(27)10-12-22/h4-14,17,25,29H,2-3,15-16,18H2,1H3,(H,28,31). The minimum atomic E-state index is -3.95. The summed E-state index contributed by atoms with van der Waals surface area (Å²) in [6.07, 6.45) is 2.23. The number of anilines is 1. The van der Waals surface area contributed by atoms with Crippen molar-refractivity contribution in [2.75, 3.05) is 31.5 Å². The number of sulfonamides is 1. The molecule has 1 atom stereocenters. The van der Waals surface area contributed by atoms with E-state index in [1.54, 1.807) is 13.2 Å². The van der Waals surface area contributed by atoms with E-state index in [1.165, 1.54) is 42.5 Å². The van der Waals surface area contributed by atoms with Crippen molar-refractivity contribution in [3.05, 3.63) is 89.7 Å². The molecule has 3 aromatic carbocycles. The van der Waals surface area contributed by atoms with Crippen molar-refractivity contribution in [1.82, 2.24) is 10.2 Å². The molecule has 0 aliphatic carbocycles. The molecule has 0 aromatic heterocycles. The number of halogens is 1. The molecule has 1 saturated heterocycles. The van der Waals surface area contributed by atoms with Crippen LogP contribution in [0.15, 0.2) is 77.7 Å². The lowest BCUT2D eigenvalue weighted by atomic mass is 10.0. The van der Waals surface area contributed by atoms with Gasteiger partial charge in [-0.1, -0.05) is 18.2 Å². The molecule has 0 saturated carbocycles. The van der Waals surface area contributed by atoms with E-state index >= 15 is 0 Å². The molecule has 35 heavy (non-hydrogen) atoms. The average Bonchev–Trinajstić information content (AvgIpc) is 3.40.